The number of para-hydroxylation sites is 2. The molecule has 2 heterocycles. The second kappa shape index (κ2) is 6.90. The number of rotatable bonds is 4. The quantitative estimate of drug-likeness (QED) is 0.487. The largest absolute Gasteiger partial charge is 0.450 e. The van der Waals surface area contributed by atoms with Gasteiger partial charge in [0.15, 0.2) is 10.2 Å². The fourth-order valence-electron chi connectivity index (χ4n) is 2.52. The monoisotopic (exact) mass is 361 g/mol. The summed E-state index contributed by atoms with van der Waals surface area (Å²) in [5.41, 5.74) is 2.69. The average Bonchev–Trinajstić information content (AvgIpc) is 3.25. The van der Waals surface area contributed by atoms with E-state index in [0.717, 1.165) is 16.2 Å². The van der Waals surface area contributed by atoms with Gasteiger partial charge in [0.1, 0.15) is 11.6 Å². The predicted octanol–water partition coefficient (Wildman–Crippen LogP) is 5.51. The number of benzene rings is 2. The molecule has 0 aliphatic carbocycles. The summed E-state index contributed by atoms with van der Waals surface area (Å²) in [4.78, 5) is 7.71. The number of hydrogen-bond donors (Lipinski definition) is 1. The van der Waals surface area contributed by atoms with Crippen molar-refractivity contribution in [1.29, 1.82) is 5.26 Å². The lowest BCUT2D eigenvalue weighted by Crippen LogP contribution is -1.83. The van der Waals surface area contributed by atoms with Gasteiger partial charge in [0.05, 0.1) is 22.7 Å². The Balaban J connectivity index is 1.58. The first kappa shape index (κ1) is 16.2. The first-order chi connectivity index (χ1) is 12.7. The molecule has 0 radical (unpaired) electrons. The molecule has 0 bridgehead atoms. The predicted molar refractivity (Wildman–Crippen MR) is 98.8 cm³/mol. The molecule has 0 fully saturated rings. The fourth-order valence-corrected chi connectivity index (χ4v) is 3.29. The van der Waals surface area contributed by atoms with Crippen molar-refractivity contribution < 1.29 is 8.81 Å². The number of nitriles is 1. The zero-order valence-corrected chi connectivity index (χ0v) is 14.3. The number of H-pyrrole nitrogens is 1. The van der Waals surface area contributed by atoms with Crippen LogP contribution in [0.2, 0.25) is 0 Å². The second-order valence-corrected chi connectivity index (χ2v) is 6.49. The minimum atomic E-state index is -0.385. The number of nitrogens with one attached hydrogen (secondary N) is 1. The van der Waals surface area contributed by atoms with Gasteiger partial charge in [0.2, 0.25) is 0 Å². The maximum atomic E-state index is 13.4. The third-order valence-electron chi connectivity index (χ3n) is 3.71. The smallest absolute Gasteiger partial charge is 0.174 e. The van der Waals surface area contributed by atoms with Crippen LogP contribution < -0.4 is 0 Å². The van der Waals surface area contributed by atoms with Gasteiger partial charge in [-0.05, 0) is 59.8 Å². The Morgan fingerprint density at radius 2 is 2.04 bits per heavy atom. The minimum absolute atomic E-state index is 0.333. The Hall–Kier alpha value is -3.30. The van der Waals surface area contributed by atoms with E-state index in [1.807, 2.05) is 30.3 Å². The van der Waals surface area contributed by atoms with Crippen molar-refractivity contribution in [2.24, 2.45) is 0 Å². The van der Waals surface area contributed by atoms with E-state index in [9.17, 15) is 9.65 Å². The molecule has 4 nitrogen and oxygen atoms in total. The van der Waals surface area contributed by atoms with E-state index in [-0.39, 0.29) is 5.82 Å². The molecule has 0 atom stereocenters. The van der Waals surface area contributed by atoms with Crippen LogP contribution in [0, 0.1) is 17.1 Å². The summed E-state index contributed by atoms with van der Waals surface area (Å²) in [5, 5.41) is 10.7. The van der Waals surface area contributed by atoms with E-state index in [1.54, 1.807) is 24.3 Å². The standard InChI is InChI=1S/C20H12FN3OS/c21-15-5-3-4-13(10-15)14(12-22)11-16-8-9-19(25-16)26-20-23-17-6-1-2-7-18(17)24-20/h1-11H,(H,23,24). The minimum Gasteiger partial charge on any atom is -0.450 e. The van der Waals surface area contributed by atoms with Crippen LogP contribution in [0.4, 0.5) is 4.39 Å². The molecule has 0 unspecified atom stereocenters. The summed E-state index contributed by atoms with van der Waals surface area (Å²) in [7, 11) is 0. The number of nitrogens with zero attached hydrogens (tertiary/aromatic N) is 2. The Morgan fingerprint density at radius 3 is 2.85 bits per heavy atom. The average molecular weight is 361 g/mol. The van der Waals surface area contributed by atoms with Crippen LogP contribution in [0.5, 0.6) is 0 Å². The Bertz CT molecular complexity index is 1120. The number of allylic oxidation sites excluding steroid dienone is 1. The number of furan rings is 1. The lowest BCUT2D eigenvalue weighted by Gasteiger charge is -1.98. The van der Waals surface area contributed by atoms with E-state index in [1.165, 1.54) is 23.9 Å². The van der Waals surface area contributed by atoms with Gasteiger partial charge in [-0.15, -0.1) is 0 Å². The molecular weight excluding hydrogens is 349 g/mol. The van der Waals surface area contributed by atoms with Gasteiger partial charge >= 0.3 is 0 Å². The highest BCUT2D eigenvalue weighted by Gasteiger charge is 2.09. The summed E-state index contributed by atoms with van der Waals surface area (Å²) in [6, 6.07) is 19.3. The first-order valence-corrected chi connectivity index (χ1v) is 8.63. The zero-order chi connectivity index (χ0) is 17.9. The molecule has 0 spiro atoms. The molecule has 0 saturated heterocycles. The van der Waals surface area contributed by atoms with Gasteiger partial charge in [0, 0.05) is 0 Å². The molecule has 0 amide bonds. The van der Waals surface area contributed by atoms with Gasteiger partial charge in [0.25, 0.3) is 0 Å². The van der Waals surface area contributed by atoms with E-state index < -0.39 is 0 Å². The van der Waals surface area contributed by atoms with Crippen LogP contribution in [-0.4, -0.2) is 9.97 Å². The lowest BCUT2D eigenvalue weighted by atomic mass is 10.1. The highest BCUT2D eigenvalue weighted by molar-refractivity contribution is 7.99. The maximum Gasteiger partial charge on any atom is 0.174 e. The van der Waals surface area contributed by atoms with E-state index in [2.05, 4.69) is 16.0 Å². The van der Waals surface area contributed by atoms with Gasteiger partial charge in [-0.25, -0.2) is 9.37 Å². The Morgan fingerprint density at radius 1 is 1.15 bits per heavy atom. The summed E-state index contributed by atoms with van der Waals surface area (Å²) >= 11 is 1.36. The Labute approximate surface area is 153 Å². The van der Waals surface area contributed by atoms with Crippen LogP contribution >= 0.6 is 11.8 Å². The van der Waals surface area contributed by atoms with Gasteiger partial charge in [-0.2, -0.15) is 5.26 Å². The summed E-state index contributed by atoms with van der Waals surface area (Å²) < 4.78 is 19.1. The third-order valence-corrected chi connectivity index (χ3v) is 4.52. The van der Waals surface area contributed by atoms with Crippen molar-refractivity contribution in [2.45, 2.75) is 10.2 Å². The molecule has 26 heavy (non-hydrogen) atoms. The normalized spacial score (nSPS) is 11.6. The summed E-state index contributed by atoms with van der Waals surface area (Å²) in [6.07, 6.45) is 1.59. The van der Waals surface area contributed by atoms with Crippen molar-refractivity contribution in [3.05, 3.63) is 77.8 Å². The number of aromatic nitrogens is 2. The maximum absolute atomic E-state index is 13.4. The third kappa shape index (κ3) is 3.39. The van der Waals surface area contributed by atoms with E-state index in [4.69, 9.17) is 4.42 Å². The molecule has 0 saturated carbocycles. The number of aromatic amines is 1. The molecule has 4 aromatic rings. The summed E-state index contributed by atoms with van der Waals surface area (Å²) in [5.74, 6) is 0.133. The zero-order valence-electron chi connectivity index (χ0n) is 13.4. The molecule has 4 rings (SSSR count). The van der Waals surface area contributed by atoms with Crippen LogP contribution in [0.15, 0.2) is 75.3 Å². The molecule has 0 aliphatic rings. The first-order valence-electron chi connectivity index (χ1n) is 7.81. The van der Waals surface area contributed by atoms with Crippen molar-refractivity contribution in [3.63, 3.8) is 0 Å². The molecule has 0 aliphatic heterocycles. The van der Waals surface area contributed by atoms with Crippen LogP contribution in [0.3, 0.4) is 0 Å². The topological polar surface area (TPSA) is 65.6 Å². The van der Waals surface area contributed by atoms with Crippen LogP contribution in [-0.2, 0) is 0 Å². The van der Waals surface area contributed by atoms with Crippen molar-refractivity contribution in [1.82, 2.24) is 9.97 Å². The second-order valence-electron chi connectivity index (χ2n) is 5.50. The summed E-state index contributed by atoms with van der Waals surface area (Å²) in [6.45, 7) is 0. The number of imidazole rings is 1. The van der Waals surface area contributed by atoms with Crippen molar-refractivity contribution in [3.8, 4) is 6.07 Å². The van der Waals surface area contributed by atoms with E-state index >= 15 is 0 Å². The molecular formula is C20H12FN3OS. The molecule has 2 aromatic heterocycles. The van der Waals surface area contributed by atoms with Crippen LogP contribution in [0.1, 0.15) is 11.3 Å². The highest BCUT2D eigenvalue weighted by atomic mass is 32.2. The van der Waals surface area contributed by atoms with Crippen molar-refractivity contribution >= 4 is 34.4 Å². The molecule has 6 heteroatoms. The van der Waals surface area contributed by atoms with Crippen molar-refractivity contribution in [2.75, 3.05) is 0 Å². The number of hydrogen-bond acceptors (Lipinski definition) is 4. The van der Waals surface area contributed by atoms with Gasteiger partial charge in [-0.1, -0.05) is 24.3 Å². The lowest BCUT2D eigenvalue weighted by molar-refractivity contribution is 0.466. The number of fused-ring (bicyclic) bond motifs is 1. The molecule has 2 aromatic carbocycles. The van der Waals surface area contributed by atoms with Crippen LogP contribution in [0.25, 0.3) is 22.7 Å². The van der Waals surface area contributed by atoms with E-state index in [0.29, 0.717) is 22.0 Å². The SMILES string of the molecule is N#CC(=Cc1ccc(Sc2nc3ccccc3[nH]2)o1)c1cccc(F)c1. The highest BCUT2D eigenvalue weighted by Crippen LogP contribution is 2.30. The fraction of sp³-hybridized carbons (Fsp3) is 0. The Kier molecular flexibility index (Phi) is 4.30. The van der Waals surface area contributed by atoms with Gasteiger partial charge in [-0.3, -0.25) is 0 Å². The molecule has 126 valence electrons. The molecule has 1 N–H and O–H groups in total. The van der Waals surface area contributed by atoms with Gasteiger partial charge < -0.3 is 9.40 Å². The number of halogens is 1.